The molecule has 0 spiro atoms. The van der Waals surface area contributed by atoms with Crippen molar-refractivity contribution >= 4 is 5.96 Å². The second-order valence-electron chi connectivity index (χ2n) is 6.75. The van der Waals surface area contributed by atoms with Gasteiger partial charge in [0.1, 0.15) is 5.76 Å². The Morgan fingerprint density at radius 3 is 2.92 bits per heavy atom. The molecule has 1 fully saturated rings. The number of aliphatic imine (C=N–C) groups is 1. The van der Waals surface area contributed by atoms with E-state index in [4.69, 9.17) is 13.9 Å². The van der Waals surface area contributed by atoms with E-state index in [0.29, 0.717) is 6.54 Å². The van der Waals surface area contributed by atoms with Crippen LogP contribution in [0.15, 0.2) is 27.8 Å². The number of furan rings is 1. The summed E-state index contributed by atoms with van der Waals surface area (Å²) in [6, 6.07) is 3.89. The molecule has 0 bridgehead atoms. The fourth-order valence-electron chi connectivity index (χ4n) is 2.45. The lowest BCUT2D eigenvalue weighted by molar-refractivity contribution is 0.0193. The van der Waals surface area contributed by atoms with Crippen molar-refractivity contribution in [2.75, 3.05) is 33.4 Å². The van der Waals surface area contributed by atoms with E-state index in [0.717, 1.165) is 44.3 Å². The molecule has 1 aliphatic rings. The van der Waals surface area contributed by atoms with Gasteiger partial charge in [-0.2, -0.15) is 0 Å². The molecule has 1 aromatic heterocycles. The first-order chi connectivity index (χ1) is 11.6. The van der Waals surface area contributed by atoms with Crippen molar-refractivity contribution in [2.45, 2.75) is 51.2 Å². The van der Waals surface area contributed by atoms with Gasteiger partial charge in [0, 0.05) is 33.2 Å². The number of rotatable bonds is 8. The van der Waals surface area contributed by atoms with Crippen molar-refractivity contribution in [3.05, 3.63) is 24.2 Å². The maximum atomic E-state index is 5.77. The fourth-order valence-corrected chi connectivity index (χ4v) is 2.45. The van der Waals surface area contributed by atoms with Gasteiger partial charge in [0.25, 0.3) is 0 Å². The Balaban J connectivity index is 1.83. The van der Waals surface area contributed by atoms with Gasteiger partial charge in [-0.25, -0.2) is 0 Å². The standard InChI is InChI=1S/C18H31N3O3/c1-18(2,22-3)14-21-17(19-10-9-15-8-6-12-23-15)20-13-16-7-4-5-11-24-16/h6,8,12,16H,4-5,7,9-11,13-14H2,1-3H3,(H2,19,20,21). The number of nitrogens with one attached hydrogen (secondary N) is 2. The van der Waals surface area contributed by atoms with Crippen LogP contribution in [0.5, 0.6) is 0 Å². The number of hydrogen-bond acceptors (Lipinski definition) is 4. The molecule has 1 aliphatic heterocycles. The molecular weight excluding hydrogens is 306 g/mol. The Hall–Kier alpha value is -1.53. The zero-order chi connectivity index (χ0) is 17.3. The predicted octanol–water partition coefficient (Wildman–Crippen LogP) is 2.35. The number of hydrogen-bond donors (Lipinski definition) is 2. The molecule has 1 unspecified atom stereocenters. The Morgan fingerprint density at radius 1 is 1.38 bits per heavy atom. The highest BCUT2D eigenvalue weighted by atomic mass is 16.5. The monoisotopic (exact) mass is 337 g/mol. The van der Waals surface area contributed by atoms with Crippen molar-refractivity contribution < 1.29 is 13.9 Å². The third-order valence-corrected chi connectivity index (χ3v) is 4.19. The third-order valence-electron chi connectivity index (χ3n) is 4.19. The third kappa shape index (κ3) is 6.93. The van der Waals surface area contributed by atoms with E-state index in [9.17, 15) is 0 Å². The van der Waals surface area contributed by atoms with Crippen LogP contribution >= 0.6 is 0 Å². The largest absolute Gasteiger partial charge is 0.469 e. The predicted molar refractivity (Wildman–Crippen MR) is 95.4 cm³/mol. The summed E-state index contributed by atoms with van der Waals surface area (Å²) in [5, 5.41) is 6.76. The summed E-state index contributed by atoms with van der Waals surface area (Å²) >= 11 is 0. The second-order valence-corrected chi connectivity index (χ2v) is 6.75. The molecule has 6 nitrogen and oxygen atoms in total. The molecule has 0 aliphatic carbocycles. The Labute approximate surface area is 145 Å². The molecule has 0 radical (unpaired) electrons. The molecule has 0 saturated carbocycles. The van der Waals surface area contributed by atoms with E-state index >= 15 is 0 Å². The topological polar surface area (TPSA) is 68.0 Å². The van der Waals surface area contributed by atoms with Crippen LogP contribution in [-0.2, 0) is 15.9 Å². The average Bonchev–Trinajstić information content (AvgIpc) is 3.11. The molecule has 0 aromatic carbocycles. The van der Waals surface area contributed by atoms with Crippen molar-refractivity contribution in [2.24, 2.45) is 4.99 Å². The van der Waals surface area contributed by atoms with Crippen LogP contribution in [0, 0.1) is 0 Å². The Kier molecular flexibility index (Phi) is 7.59. The normalized spacial score (nSPS) is 19.3. The van der Waals surface area contributed by atoms with Crippen LogP contribution in [0.4, 0.5) is 0 Å². The minimum absolute atomic E-state index is 0.270. The van der Waals surface area contributed by atoms with Crippen molar-refractivity contribution in [1.29, 1.82) is 0 Å². The molecule has 1 aromatic rings. The molecule has 1 atom stereocenters. The lowest BCUT2D eigenvalue weighted by Gasteiger charge is -2.25. The van der Waals surface area contributed by atoms with Crippen LogP contribution in [-0.4, -0.2) is 51.0 Å². The van der Waals surface area contributed by atoms with Gasteiger partial charge in [0.2, 0.25) is 0 Å². The molecule has 2 heterocycles. The average molecular weight is 337 g/mol. The zero-order valence-corrected chi connectivity index (χ0v) is 15.1. The molecule has 136 valence electrons. The fraction of sp³-hybridized carbons (Fsp3) is 0.722. The summed E-state index contributed by atoms with van der Waals surface area (Å²) in [5.41, 5.74) is -0.281. The highest BCUT2D eigenvalue weighted by molar-refractivity contribution is 5.79. The SMILES string of the molecule is COC(C)(C)CN=C(NCCc1ccco1)NCC1CCCCO1. The number of guanidine groups is 1. The van der Waals surface area contributed by atoms with E-state index in [1.54, 1.807) is 13.4 Å². The van der Waals surface area contributed by atoms with E-state index in [2.05, 4.69) is 15.6 Å². The lowest BCUT2D eigenvalue weighted by atomic mass is 10.1. The molecule has 24 heavy (non-hydrogen) atoms. The Bertz CT molecular complexity index is 480. The molecule has 2 rings (SSSR count). The van der Waals surface area contributed by atoms with Gasteiger partial charge in [-0.1, -0.05) is 0 Å². The van der Waals surface area contributed by atoms with Crippen LogP contribution in [0.3, 0.4) is 0 Å². The summed E-state index contributed by atoms with van der Waals surface area (Å²) in [7, 11) is 1.71. The maximum absolute atomic E-state index is 5.77. The van der Waals surface area contributed by atoms with Crippen LogP contribution in [0.2, 0.25) is 0 Å². The lowest BCUT2D eigenvalue weighted by Crippen LogP contribution is -2.44. The summed E-state index contributed by atoms with van der Waals surface area (Å²) < 4.78 is 16.6. The summed E-state index contributed by atoms with van der Waals surface area (Å²) in [6.45, 7) is 7.05. The first-order valence-corrected chi connectivity index (χ1v) is 8.80. The minimum Gasteiger partial charge on any atom is -0.469 e. The van der Waals surface area contributed by atoms with Crippen LogP contribution in [0.25, 0.3) is 0 Å². The smallest absolute Gasteiger partial charge is 0.191 e. The first-order valence-electron chi connectivity index (χ1n) is 8.80. The van der Waals surface area contributed by atoms with E-state index < -0.39 is 0 Å². The van der Waals surface area contributed by atoms with Gasteiger partial charge in [0.05, 0.1) is 24.5 Å². The number of ether oxygens (including phenoxy) is 2. The summed E-state index contributed by atoms with van der Waals surface area (Å²) in [4.78, 5) is 4.65. The van der Waals surface area contributed by atoms with E-state index in [1.165, 1.54) is 12.8 Å². The van der Waals surface area contributed by atoms with Gasteiger partial charge in [-0.05, 0) is 45.2 Å². The maximum Gasteiger partial charge on any atom is 0.191 e. The van der Waals surface area contributed by atoms with Gasteiger partial charge in [-0.15, -0.1) is 0 Å². The van der Waals surface area contributed by atoms with Crippen molar-refractivity contribution in [3.63, 3.8) is 0 Å². The molecule has 6 heteroatoms. The van der Waals surface area contributed by atoms with Gasteiger partial charge in [0.15, 0.2) is 5.96 Å². The number of nitrogens with zero attached hydrogens (tertiary/aromatic N) is 1. The molecule has 2 N–H and O–H groups in total. The molecule has 1 saturated heterocycles. The van der Waals surface area contributed by atoms with Gasteiger partial charge >= 0.3 is 0 Å². The molecule has 0 amide bonds. The first kappa shape index (κ1) is 18.8. The van der Waals surface area contributed by atoms with Crippen LogP contribution in [0.1, 0.15) is 38.9 Å². The second kappa shape index (κ2) is 9.69. The van der Waals surface area contributed by atoms with Gasteiger partial charge < -0.3 is 24.5 Å². The van der Waals surface area contributed by atoms with Crippen molar-refractivity contribution in [1.82, 2.24) is 10.6 Å². The van der Waals surface area contributed by atoms with Crippen molar-refractivity contribution in [3.8, 4) is 0 Å². The van der Waals surface area contributed by atoms with Gasteiger partial charge in [-0.3, -0.25) is 4.99 Å². The highest BCUT2D eigenvalue weighted by Gasteiger charge is 2.17. The number of methoxy groups -OCH3 is 1. The Morgan fingerprint density at radius 2 is 2.25 bits per heavy atom. The minimum atomic E-state index is -0.281. The quantitative estimate of drug-likeness (QED) is 0.563. The summed E-state index contributed by atoms with van der Waals surface area (Å²) in [5.74, 6) is 1.76. The van der Waals surface area contributed by atoms with E-state index in [1.807, 2.05) is 26.0 Å². The zero-order valence-electron chi connectivity index (χ0n) is 15.1. The molecular formula is C18H31N3O3. The highest BCUT2D eigenvalue weighted by Crippen LogP contribution is 2.11. The van der Waals surface area contributed by atoms with Crippen LogP contribution < -0.4 is 10.6 Å². The summed E-state index contributed by atoms with van der Waals surface area (Å²) in [6.07, 6.45) is 6.30. The van der Waals surface area contributed by atoms with E-state index in [-0.39, 0.29) is 11.7 Å².